The van der Waals surface area contributed by atoms with Gasteiger partial charge in [-0.1, -0.05) is 0 Å². The predicted octanol–water partition coefficient (Wildman–Crippen LogP) is 4.14. The third-order valence-electron chi connectivity index (χ3n) is 5.32. The van der Waals surface area contributed by atoms with Gasteiger partial charge in [0.05, 0.1) is 11.1 Å². The van der Waals surface area contributed by atoms with Crippen molar-refractivity contribution in [2.45, 2.75) is 13.5 Å². The Morgan fingerprint density at radius 1 is 1.12 bits per heavy atom. The van der Waals surface area contributed by atoms with Gasteiger partial charge in [-0.3, -0.25) is 4.79 Å². The van der Waals surface area contributed by atoms with Crippen molar-refractivity contribution in [3.63, 3.8) is 0 Å². The number of thiophene rings is 1. The third kappa shape index (κ3) is 4.15. The molecular formula is C22H20FN5O2S2. The van der Waals surface area contributed by atoms with Crippen LogP contribution in [0.2, 0.25) is 0 Å². The molecule has 7 nitrogen and oxygen atoms in total. The van der Waals surface area contributed by atoms with E-state index in [4.69, 9.17) is 4.74 Å². The van der Waals surface area contributed by atoms with Crippen LogP contribution in [0.25, 0.3) is 10.2 Å². The number of carbonyl (C=O) groups is 1. The number of ether oxygens (including phenoxy) is 1. The zero-order valence-corrected chi connectivity index (χ0v) is 19.0. The SMILES string of the molecule is Cc1nc(COc2ccc(F)cc2)sc1C(=O)N1CCN(c2ncnc3sccc23)CC1. The van der Waals surface area contributed by atoms with E-state index in [2.05, 4.69) is 19.9 Å². The van der Waals surface area contributed by atoms with Crippen molar-refractivity contribution in [3.05, 3.63) is 63.4 Å². The van der Waals surface area contributed by atoms with Crippen molar-refractivity contribution >= 4 is 44.6 Å². The Labute approximate surface area is 192 Å². The van der Waals surface area contributed by atoms with Gasteiger partial charge in [0.15, 0.2) is 0 Å². The summed E-state index contributed by atoms with van der Waals surface area (Å²) in [6.07, 6.45) is 1.60. The summed E-state index contributed by atoms with van der Waals surface area (Å²) in [5, 5.41) is 3.79. The Hall–Kier alpha value is -3.11. The first kappa shape index (κ1) is 20.8. The fourth-order valence-corrected chi connectivity index (χ4v) is 5.36. The Balaban J connectivity index is 1.22. The Morgan fingerprint density at radius 3 is 2.69 bits per heavy atom. The van der Waals surface area contributed by atoms with Gasteiger partial charge >= 0.3 is 0 Å². The third-order valence-corrected chi connectivity index (χ3v) is 7.26. The zero-order chi connectivity index (χ0) is 22.1. The van der Waals surface area contributed by atoms with Crippen LogP contribution in [0, 0.1) is 12.7 Å². The highest BCUT2D eigenvalue weighted by atomic mass is 32.1. The van der Waals surface area contributed by atoms with Crippen LogP contribution < -0.4 is 9.64 Å². The molecular weight excluding hydrogens is 449 g/mol. The molecule has 4 heterocycles. The Kier molecular flexibility index (Phi) is 5.71. The second-order valence-electron chi connectivity index (χ2n) is 7.38. The zero-order valence-electron chi connectivity index (χ0n) is 17.3. The van der Waals surface area contributed by atoms with Crippen LogP contribution in [0.3, 0.4) is 0 Å². The number of fused-ring (bicyclic) bond motifs is 1. The van der Waals surface area contributed by atoms with E-state index >= 15 is 0 Å². The summed E-state index contributed by atoms with van der Waals surface area (Å²) in [4.78, 5) is 32.1. The van der Waals surface area contributed by atoms with Crippen molar-refractivity contribution in [2.75, 3.05) is 31.1 Å². The number of benzene rings is 1. The molecule has 0 saturated carbocycles. The number of carbonyl (C=O) groups excluding carboxylic acids is 1. The molecule has 1 aromatic carbocycles. The second-order valence-corrected chi connectivity index (χ2v) is 9.36. The van der Waals surface area contributed by atoms with Gasteiger partial charge in [-0.05, 0) is 42.6 Å². The van der Waals surface area contributed by atoms with E-state index in [9.17, 15) is 9.18 Å². The number of piperazine rings is 1. The molecule has 3 aromatic heterocycles. The predicted molar refractivity (Wildman–Crippen MR) is 123 cm³/mol. The van der Waals surface area contributed by atoms with E-state index in [1.807, 2.05) is 23.3 Å². The highest BCUT2D eigenvalue weighted by Crippen LogP contribution is 2.28. The number of thiazole rings is 1. The molecule has 4 aromatic rings. The minimum Gasteiger partial charge on any atom is -0.486 e. The quantitative estimate of drug-likeness (QED) is 0.438. The van der Waals surface area contributed by atoms with Gasteiger partial charge in [0, 0.05) is 26.2 Å². The first-order valence-electron chi connectivity index (χ1n) is 10.2. The summed E-state index contributed by atoms with van der Waals surface area (Å²) >= 11 is 2.95. The lowest BCUT2D eigenvalue weighted by Crippen LogP contribution is -2.49. The Bertz CT molecular complexity index is 1250. The highest BCUT2D eigenvalue weighted by molar-refractivity contribution is 7.16. The largest absolute Gasteiger partial charge is 0.486 e. The fraction of sp³-hybridized carbons (Fsp3) is 0.273. The minimum atomic E-state index is -0.310. The van der Waals surface area contributed by atoms with Crippen LogP contribution in [0.1, 0.15) is 20.4 Å². The standard InChI is InChI=1S/C22H20FN5O2S2/c1-14-19(32-18(26-14)12-30-16-4-2-15(23)3-5-16)22(29)28-9-7-27(8-10-28)20-17-6-11-31-21(17)25-13-24-20/h2-6,11,13H,7-10,12H2,1H3. The molecule has 0 bridgehead atoms. The van der Waals surface area contributed by atoms with Crippen LogP contribution in [0.15, 0.2) is 42.0 Å². The van der Waals surface area contributed by atoms with Crippen molar-refractivity contribution in [3.8, 4) is 5.75 Å². The maximum Gasteiger partial charge on any atom is 0.265 e. The molecule has 1 fully saturated rings. The molecule has 0 unspecified atom stereocenters. The van der Waals surface area contributed by atoms with E-state index in [-0.39, 0.29) is 18.3 Å². The lowest BCUT2D eigenvalue weighted by Gasteiger charge is -2.35. The molecule has 0 aliphatic carbocycles. The van der Waals surface area contributed by atoms with Gasteiger partial charge in [-0.15, -0.1) is 22.7 Å². The van der Waals surface area contributed by atoms with Crippen LogP contribution in [-0.4, -0.2) is 51.9 Å². The van der Waals surface area contributed by atoms with Gasteiger partial charge in [-0.25, -0.2) is 19.3 Å². The minimum absolute atomic E-state index is 0.00366. The monoisotopic (exact) mass is 469 g/mol. The summed E-state index contributed by atoms with van der Waals surface area (Å²) in [7, 11) is 0. The van der Waals surface area contributed by atoms with E-state index in [1.165, 1.54) is 23.5 Å². The number of halogens is 1. The number of aromatic nitrogens is 3. The number of nitrogens with zero attached hydrogens (tertiary/aromatic N) is 5. The number of anilines is 1. The highest BCUT2D eigenvalue weighted by Gasteiger charge is 2.27. The number of hydrogen-bond acceptors (Lipinski definition) is 8. The second kappa shape index (κ2) is 8.79. The van der Waals surface area contributed by atoms with Crippen LogP contribution in [-0.2, 0) is 6.61 Å². The number of rotatable bonds is 5. The first-order chi connectivity index (χ1) is 15.6. The van der Waals surface area contributed by atoms with E-state index in [0.29, 0.717) is 42.5 Å². The van der Waals surface area contributed by atoms with Crippen molar-refractivity contribution in [1.82, 2.24) is 19.9 Å². The number of hydrogen-bond donors (Lipinski definition) is 0. The fourth-order valence-electron chi connectivity index (χ4n) is 3.68. The summed E-state index contributed by atoms with van der Waals surface area (Å²) in [6.45, 7) is 4.75. The van der Waals surface area contributed by atoms with Crippen LogP contribution in [0.4, 0.5) is 10.2 Å². The van der Waals surface area contributed by atoms with E-state index < -0.39 is 0 Å². The van der Waals surface area contributed by atoms with Gasteiger partial charge in [0.2, 0.25) is 0 Å². The van der Waals surface area contributed by atoms with Crippen LogP contribution in [0.5, 0.6) is 5.75 Å². The molecule has 10 heteroatoms. The summed E-state index contributed by atoms with van der Waals surface area (Å²) in [5.74, 6) is 1.18. The van der Waals surface area contributed by atoms with E-state index in [0.717, 1.165) is 21.0 Å². The molecule has 1 aliphatic rings. The van der Waals surface area contributed by atoms with Crippen molar-refractivity contribution < 1.29 is 13.9 Å². The topological polar surface area (TPSA) is 71.5 Å². The summed E-state index contributed by atoms with van der Waals surface area (Å²) in [6, 6.07) is 7.89. The molecule has 164 valence electrons. The number of aryl methyl sites for hydroxylation is 1. The summed E-state index contributed by atoms with van der Waals surface area (Å²) in [5.41, 5.74) is 0.705. The normalized spacial score (nSPS) is 14.2. The average Bonchev–Trinajstić information content (AvgIpc) is 3.44. The van der Waals surface area contributed by atoms with Gasteiger partial charge in [0.25, 0.3) is 5.91 Å². The van der Waals surface area contributed by atoms with Gasteiger partial charge < -0.3 is 14.5 Å². The lowest BCUT2D eigenvalue weighted by atomic mass is 10.2. The van der Waals surface area contributed by atoms with E-state index in [1.54, 1.807) is 29.8 Å². The maximum atomic E-state index is 13.1. The maximum absolute atomic E-state index is 13.1. The molecule has 32 heavy (non-hydrogen) atoms. The molecule has 1 saturated heterocycles. The molecule has 5 rings (SSSR count). The van der Waals surface area contributed by atoms with Gasteiger partial charge in [0.1, 0.15) is 45.0 Å². The molecule has 0 atom stereocenters. The molecule has 0 spiro atoms. The first-order valence-corrected chi connectivity index (χ1v) is 11.9. The van der Waals surface area contributed by atoms with Crippen molar-refractivity contribution in [2.24, 2.45) is 0 Å². The molecule has 0 radical (unpaired) electrons. The molecule has 1 aliphatic heterocycles. The summed E-state index contributed by atoms with van der Waals surface area (Å²) < 4.78 is 18.7. The average molecular weight is 470 g/mol. The number of amides is 1. The van der Waals surface area contributed by atoms with Crippen LogP contribution >= 0.6 is 22.7 Å². The van der Waals surface area contributed by atoms with Crippen molar-refractivity contribution in [1.29, 1.82) is 0 Å². The molecule has 0 N–H and O–H groups in total. The Morgan fingerprint density at radius 2 is 1.91 bits per heavy atom. The van der Waals surface area contributed by atoms with Gasteiger partial charge in [-0.2, -0.15) is 0 Å². The lowest BCUT2D eigenvalue weighted by molar-refractivity contribution is 0.0750. The molecule has 1 amide bonds. The smallest absolute Gasteiger partial charge is 0.265 e.